The molecule has 4 aromatic heterocycles. The Kier molecular flexibility index (Phi) is 4.95. The third-order valence-electron chi connectivity index (χ3n) is 6.99. The smallest absolute Gasteiger partial charge is 0.138 e. The minimum Gasteiger partial charge on any atom is -0.338 e. The van der Waals surface area contributed by atoms with Crippen molar-refractivity contribution in [2.45, 2.75) is 32.7 Å². The fraction of sp³-hybridized carbons (Fsp3) is 0.296. The molecule has 5 aromatic rings. The van der Waals surface area contributed by atoms with Crippen molar-refractivity contribution in [3.63, 3.8) is 0 Å². The van der Waals surface area contributed by atoms with Gasteiger partial charge in [-0.2, -0.15) is 5.10 Å². The number of hydrogen-bond acceptors (Lipinski definition) is 4. The Bertz CT molecular complexity index is 1440. The van der Waals surface area contributed by atoms with Crippen LogP contribution in [0.2, 0.25) is 0 Å². The summed E-state index contributed by atoms with van der Waals surface area (Å²) < 4.78 is 1.88. The SMILES string of the molecule is Cc1c(-c2cc3c(cn2)[nH]c2ncc(-c4ccc(CN5CCCCC5)cc4)cc23)cnn1C. The van der Waals surface area contributed by atoms with E-state index in [1.165, 1.54) is 43.5 Å². The second kappa shape index (κ2) is 8.12. The van der Waals surface area contributed by atoms with Crippen LogP contribution >= 0.6 is 0 Å². The third-order valence-corrected chi connectivity index (χ3v) is 6.99. The van der Waals surface area contributed by atoms with Crippen LogP contribution in [0.5, 0.6) is 0 Å². The quantitative estimate of drug-likeness (QED) is 0.406. The Morgan fingerprint density at radius 2 is 1.70 bits per heavy atom. The molecule has 1 aliphatic heterocycles. The summed E-state index contributed by atoms with van der Waals surface area (Å²) >= 11 is 0. The van der Waals surface area contributed by atoms with Crippen LogP contribution in [-0.4, -0.2) is 42.7 Å². The highest BCUT2D eigenvalue weighted by atomic mass is 15.3. The lowest BCUT2D eigenvalue weighted by Gasteiger charge is -2.26. The summed E-state index contributed by atoms with van der Waals surface area (Å²) in [5.74, 6) is 0. The molecule has 6 nitrogen and oxygen atoms in total. The number of nitrogens with zero attached hydrogens (tertiary/aromatic N) is 5. The molecule has 6 rings (SSSR count). The van der Waals surface area contributed by atoms with E-state index in [1.807, 2.05) is 30.3 Å². The summed E-state index contributed by atoms with van der Waals surface area (Å²) in [5.41, 5.74) is 8.68. The van der Waals surface area contributed by atoms with Gasteiger partial charge in [-0.15, -0.1) is 0 Å². The highest BCUT2D eigenvalue weighted by Gasteiger charge is 2.13. The molecular weight excluding hydrogens is 408 g/mol. The van der Waals surface area contributed by atoms with Crippen molar-refractivity contribution in [1.29, 1.82) is 0 Å². The van der Waals surface area contributed by atoms with Gasteiger partial charge < -0.3 is 4.98 Å². The fourth-order valence-electron chi connectivity index (χ4n) is 4.91. The maximum Gasteiger partial charge on any atom is 0.138 e. The first-order valence-electron chi connectivity index (χ1n) is 11.7. The first-order valence-corrected chi connectivity index (χ1v) is 11.7. The monoisotopic (exact) mass is 436 g/mol. The largest absolute Gasteiger partial charge is 0.338 e. The van der Waals surface area contributed by atoms with E-state index in [9.17, 15) is 0 Å². The van der Waals surface area contributed by atoms with Crippen LogP contribution in [0.3, 0.4) is 0 Å². The van der Waals surface area contributed by atoms with Crippen molar-refractivity contribution < 1.29 is 0 Å². The number of H-pyrrole nitrogens is 1. The van der Waals surface area contributed by atoms with Crippen molar-refractivity contribution in [3.05, 3.63) is 66.2 Å². The summed E-state index contributed by atoms with van der Waals surface area (Å²) in [5, 5.41) is 6.62. The van der Waals surface area contributed by atoms with Gasteiger partial charge in [-0.05, 0) is 56.1 Å². The van der Waals surface area contributed by atoms with Crippen molar-refractivity contribution >= 4 is 21.9 Å². The highest BCUT2D eigenvalue weighted by Crippen LogP contribution is 2.31. The van der Waals surface area contributed by atoms with Crippen LogP contribution in [0.1, 0.15) is 30.5 Å². The lowest BCUT2D eigenvalue weighted by molar-refractivity contribution is 0.221. The Morgan fingerprint density at radius 1 is 0.879 bits per heavy atom. The molecule has 0 radical (unpaired) electrons. The Labute approximate surface area is 193 Å². The number of fused-ring (bicyclic) bond motifs is 3. The van der Waals surface area contributed by atoms with Crippen molar-refractivity contribution in [3.8, 4) is 22.4 Å². The molecule has 0 atom stereocenters. The molecule has 1 aromatic carbocycles. The maximum absolute atomic E-state index is 4.73. The first kappa shape index (κ1) is 20.1. The van der Waals surface area contributed by atoms with E-state index in [1.54, 1.807) is 0 Å². The second-order valence-electron chi connectivity index (χ2n) is 9.16. The number of pyridine rings is 2. The van der Waals surface area contributed by atoms with Crippen LogP contribution in [-0.2, 0) is 13.6 Å². The molecule has 0 spiro atoms. The van der Waals surface area contributed by atoms with Crippen LogP contribution in [0.25, 0.3) is 44.3 Å². The maximum atomic E-state index is 4.73. The van der Waals surface area contributed by atoms with Crippen LogP contribution in [0.4, 0.5) is 0 Å². The van der Waals surface area contributed by atoms with Gasteiger partial charge in [0, 0.05) is 47.4 Å². The number of likely N-dealkylation sites (tertiary alicyclic amines) is 1. The minimum absolute atomic E-state index is 0.886. The first-order chi connectivity index (χ1) is 16.2. The van der Waals surface area contributed by atoms with Gasteiger partial charge in [0.2, 0.25) is 0 Å². The predicted octanol–water partition coefficient (Wildman–Crippen LogP) is 5.47. The molecule has 0 amide bonds. The van der Waals surface area contributed by atoms with E-state index in [4.69, 9.17) is 4.98 Å². The molecule has 5 heterocycles. The summed E-state index contributed by atoms with van der Waals surface area (Å²) in [4.78, 5) is 15.4. The Balaban J connectivity index is 1.34. The number of nitrogens with one attached hydrogen (secondary N) is 1. The molecule has 1 saturated heterocycles. The molecule has 0 aliphatic carbocycles. The molecule has 1 N–H and O–H groups in total. The second-order valence-corrected chi connectivity index (χ2v) is 9.16. The number of aromatic amines is 1. The molecule has 0 saturated carbocycles. The number of benzene rings is 1. The Hall–Kier alpha value is -3.51. The number of rotatable bonds is 4. The average Bonchev–Trinajstić information content (AvgIpc) is 3.39. The molecule has 6 heteroatoms. The number of hydrogen-bond donors (Lipinski definition) is 1. The van der Waals surface area contributed by atoms with Crippen LogP contribution in [0.15, 0.2) is 55.0 Å². The van der Waals surface area contributed by atoms with Gasteiger partial charge in [0.25, 0.3) is 0 Å². The minimum atomic E-state index is 0.886. The Morgan fingerprint density at radius 3 is 2.45 bits per heavy atom. The number of aromatic nitrogens is 5. The van der Waals surface area contributed by atoms with E-state index >= 15 is 0 Å². The molecule has 33 heavy (non-hydrogen) atoms. The van der Waals surface area contributed by atoms with E-state index in [0.29, 0.717) is 0 Å². The zero-order valence-electron chi connectivity index (χ0n) is 19.2. The summed E-state index contributed by atoms with van der Waals surface area (Å²) in [6.45, 7) is 5.55. The van der Waals surface area contributed by atoms with Gasteiger partial charge in [-0.25, -0.2) is 4.98 Å². The summed E-state index contributed by atoms with van der Waals surface area (Å²) in [7, 11) is 1.96. The van der Waals surface area contributed by atoms with Crippen molar-refractivity contribution in [2.24, 2.45) is 7.05 Å². The van der Waals surface area contributed by atoms with Gasteiger partial charge in [0.05, 0.1) is 23.6 Å². The molecule has 1 aliphatic rings. The van der Waals surface area contributed by atoms with E-state index in [0.717, 1.165) is 51.0 Å². The number of piperidine rings is 1. The van der Waals surface area contributed by atoms with E-state index in [2.05, 4.69) is 63.3 Å². The van der Waals surface area contributed by atoms with Gasteiger partial charge in [0.15, 0.2) is 0 Å². The van der Waals surface area contributed by atoms with Gasteiger partial charge in [-0.1, -0.05) is 30.7 Å². The van der Waals surface area contributed by atoms with Crippen LogP contribution in [0, 0.1) is 6.92 Å². The lowest BCUT2D eigenvalue weighted by Crippen LogP contribution is -2.28. The van der Waals surface area contributed by atoms with E-state index < -0.39 is 0 Å². The van der Waals surface area contributed by atoms with E-state index in [-0.39, 0.29) is 0 Å². The average molecular weight is 437 g/mol. The molecule has 166 valence electrons. The zero-order chi connectivity index (χ0) is 22.4. The zero-order valence-corrected chi connectivity index (χ0v) is 19.2. The van der Waals surface area contributed by atoms with Gasteiger partial charge in [0.1, 0.15) is 5.65 Å². The lowest BCUT2D eigenvalue weighted by atomic mass is 10.0. The highest BCUT2D eigenvalue weighted by molar-refractivity contribution is 6.07. The normalized spacial score (nSPS) is 15.0. The van der Waals surface area contributed by atoms with Crippen molar-refractivity contribution in [1.82, 2.24) is 29.6 Å². The fourth-order valence-corrected chi connectivity index (χ4v) is 4.91. The predicted molar refractivity (Wildman–Crippen MR) is 133 cm³/mol. The standard InChI is InChI=1S/C27H28N6/c1-18-24(15-30-32(18)2)25-13-22-23-12-21(14-29-27(23)31-26(22)16-28-25)20-8-6-19(7-9-20)17-33-10-4-3-5-11-33/h6-9,12-16H,3-5,10-11,17H2,1-2H3,(H,29,31). The third kappa shape index (κ3) is 3.70. The van der Waals surface area contributed by atoms with Crippen LogP contribution < -0.4 is 0 Å². The topological polar surface area (TPSA) is 62.6 Å². The summed E-state index contributed by atoms with van der Waals surface area (Å²) in [6, 6.07) is 13.4. The molecular formula is C27H28N6. The molecule has 0 unspecified atom stereocenters. The molecule has 1 fully saturated rings. The summed E-state index contributed by atoms with van der Waals surface area (Å²) in [6.07, 6.45) is 9.76. The van der Waals surface area contributed by atoms with Gasteiger partial charge >= 0.3 is 0 Å². The number of aryl methyl sites for hydroxylation is 1. The molecule has 0 bridgehead atoms. The van der Waals surface area contributed by atoms with Crippen molar-refractivity contribution in [2.75, 3.05) is 13.1 Å². The van der Waals surface area contributed by atoms with Gasteiger partial charge in [-0.3, -0.25) is 14.6 Å².